The van der Waals surface area contributed by atoms with Crippen LogP contribution in [-0.2, 0) is 0 Å². The average Bonchev–Trinajstić information content (AvgIpc) is 2.71. The minimum Gasteiger partial charge on any atom is -0.198 e. The van der Waals surface area contributed by atoms with Crippen LogP contribution in [0.15, 0.2) is 0 Å². The molecule has 1 heteroatoms. The summed E-state index contributed by atoms with van der Waals surface area (Å²) in [6.07, 6.45) is 25.0. The molecule has 0 aromatic rings. The molecule has 3 atom stereocenters. The second-order valence-electron chi connectivity index (χ2n) is 9.90. The normalized spacial score (nSPS) is 30.0. The first-order valence-electron chi connectivity index (χ1n) is 12.7. The van der Waals surface area contributed by atoms with Gasteiger partial charge in [-0.25, -0.2) is 0 Å². The summed E-state index contributed by atoms with van der Waals surface area (Å²) in [6, 6.07) is 2.78. The maximum atomic E-state index is 9.93. The molecule has 0 saturated heterocycles. The van der Waals surface area contributed by atoms with Crippen molar-refractivity contribution in [1.82, 2.24) is 0 Å². The Kier molecular flexibility index (Phi) is 11.5. The lowest BCUT2D eigenvalue weighted by atomic mass is 9.68. The first-order chi connectivity index (χ1) is 13.3. The largest absolute Gasteiger partial charge is 0.198 e. The fourth-order valence-corrected chi connectivity index (χ4v) is 6.05. The maximum absolute atomic E-state index is 9.93. The molecular formula is C26H47N. The summed E-state index contributed by atoms with van der Waals surface area (Å²) in [5, 5.41) is 9.93. The van der Waals surface area contributed by atoms with Crippen LogP contribution in [0.2, 0.25) is 0 Å². The number of unbranched alkanes of at least 4 members (excludes halogenated alkanes) is 5. The molecule has 2 fully saturated rings. The van der Waals surface area contributed by atoms with Gasteiger partial charge in [0.25, 0.3) is 0 Å². The number of hydrogen-bond donors (Lipinski definition) is 0. The zero-order valence-electron chi connectivity index (χ0n) is 18.6. The van der Waals surface area contributed by atoms with Gasteiger partial charge in [-0.1, -0.05) is 110 Å². The summed E-state index contributed by atoms with van der Waals surface area (Å²) < 4.78 is 0. The topological polar surface area (TPSA) is 23.8 Å². The van der Waals surface area contributed by atoms with Crippen molar-refractivity contribution < 1.29 is 0 Å². The first-order valence-corrected chi connectivity index (χ1v) is 12.7. The highest BCUT2D eigenvalue weighted by molar-refractivity contribution is 4.93. The fraction of sp³-hybridized carbons (Fsp3) is 0.962. The first kappa shape index (κ1) is 22.8. The summed E-state index contributed by atoms with van der Waals surface area (Å²) in [4.78, 5) is 0. The quantitative estimate of drug-likeness (QED) is 0.314. The molecule has 0 amide bonds. The van der Waals surface area contributed by atoms with Gasteiger partial charge in [-0.05, 0) is 42.9 Å². The van der Waals surface area contributed by atoms with E-state index in [1.165, 1.54) is 116 Å². The van der Waals surface area contributed by atoms with E-state index < -0.39 is 0 Å². The van der Waals surface area contributed by atoms with Crippen molar-refractivity contribution >= 4 is 0 Å². The smallest absolute Gasteiger partial charge is 0.0658 e. The summed E-state index contributed by atoms with van der Waals surface area (Å²) in [5.41, 5.74) is 0. The van der Waals surface area contributed by atoms with E-state index in [1.54, 1.807) is 0 Å². The maximum Gasteiger partial charge on any atom is 0.0658 e. The Bertz CT molecular complexity index is 401. The van der Waals surface area contributed by atoms with Crippen molar-refractivity contribution in [3.63, 3.8) is 0 Å². The van der Waals surface area contributed by atoms with Crippen LogP contribution in [0.3, 0.4) is 0 Å². The van der Waals surface area contributed by atoms with E-state index in [-0.39, 0.29) is 0 Å². The minimum absolute atomic E-state index is 0.350. The van der Waals surface area contributed by atoms with E-state index in [2.05, 4.69) is 19.9 Å². The number of rotatable bonds is 12. The monoisotopic (exact) mass is 373 g/mol. The third-order valence-corrected chi connectivity index (χ3v) is 7.89. The van der Waals surface area contributed by atoms with Crippen molar-refractivity contribution in [2.45, 2.75) is 129 Å². The van der Waals surface area contributed by atoms with Gasteiger partial charge in [0.1, 0.15) is 0 Å². The molecule has 1 unspecified atom stereocenters. The van der Waals surface area contributed by atoms with Crippen molar-refractivity contribution in [2.75, 3.05) is 0 Å². The Morgan fingerprint density at radius 3 is 2.04 bits per heavy atom. The van der Waals surface area contributed by atoms with Gasteiger partial charge in [-0.15, -0.1) is 0 Å². The van der Waals surface area contributed by atoms with Gasteiger partial charge in [0.2, 0.25) is 0 Å². The summed E-state index contributed by atoms with van der Waals surface area (Å²) in [6.45, 7) is 4.61. The molecule has 0 spiro atoms. The molecule has 0 aromatic heterocycles. The van der Waals surface area contributed by atoms with Gasteiger partial charge in [0.05, 0.1) is 6.07 Å². The Morgan fingerprint density at radius 2 is 1.37 bits per heavy atom. The van der Waals surface area contributed by atoms with E-state index in [4.69, 9.17) is 0 Å². The molecule has 2 aliphatic carbocycles. The Morgan fingerprint density at radius 1 is 0.741 bits per heavy atom. The van der Waals surface area contributed by atoms with Crippen LogP contribution < -0.4 is 0 Å². The van der Waals surface area contributed by atoms with Gasteiger partial charge in [-0.3, -0.25) is 0 Å². The third kappa shape index (κ3) is 8.17. The molecule has 156 valence electrons. The molecule has 0 radical (unpaired) electrons. The molecule has 2 saturated carbocycles. The molecule has 0 heterocycles. The van der Waals surface area contributed by atoms with Crippen LogP contribution in [-0.4, -0.2) is 0 Å². The van der Waals surface area contributed by atoms with Crippen LogP contribution in [0.25, 0.3) is 0 Å². The highest BCUT2D eigenvalue weighted by Crippen LogP contribution is 2.42. The molecule has 0 N–H and O–H groups in total. The van der Waals surface area contributed by atoms with Crippen LogP contribution in [0.1, 0.15) is 129 Å². The Balaban J connectivity index is 1.76. The molecule has 0 bridgehead atoms. The predicted octanol–water partition coefficient (Wildman–Crippen LogP) is 8.68. The molecular weight excluding hydrogens is 326 g/mol. The lowest BCUT2D eigenvalue weighted by Gasteiger charge is -2.36. The molecule has 27 heavy (non-hydrogen) atoms. The van der Waals surface area contributed by atoms with E-state index in [0.717, 1.165) is 17.8 Å². The Hall–Kier alpha value is -0.510. The van der Waals surface area contributed by atoms with Crippen LogP contribution in [0.4, 0.5) is 0 Å². The highest BCUT2D eigenvalue weighted by Gasteiger charge is 2.32. The Labute approximate surface area is 170 Å². The molecule has 0 aliphatic heterocycles. The van der Waals surface area contributed by atoms with Gasteiger partial charge in [0.15, 0.2) is 0 Å². The van der Waals surface area contributed by atoms with Crippen molar-refractivity contribution in [1.29, 1.82) is 5.26 Å². The summed E-state index contributed by atoms with van der Waals surface area (Å²) >= 11 is 0. The van der Waals surface area contributed by atoms with Gasteiger partial charge >= 0.3 is 0 Å². The predicted molar refractivity (Wildman–Crippen MR) is 118 cm³/mol. The highest BCUT2D eigenvalue weighted by atomic mass is 14.4. The van der Waals surface area contributed by atoms with Crippen LogP contribution in [0, 0.1) is 40.9 Å². The lowest BCUT2D eigenvalue weighted by Crippen LogP contribution is -2.27. The zero-order valence-corrected chi connectivity index (χ0v) is 18.6. The van der Waals surface area contributed by atoms with Gasteiger partial charge in [0, 0.05) is 5.92 Å². The minimum atomic E-state index is 0.350. The molecule has 2 rings (SSSR count). The summed E-state index contributed by atoms with van der Waals surface area (Å²) in [5.74, 6) is 3.81. The van der Waals surface area contributed by atoms with E-state index in [0.29, 0.717) is 11.8 Å². The fourth-order valence-electron chi connectivity index (χ4n) is 6.05. The zero-order chi connectivity index (χ0) is 19.3. The number of hydrogen-bond acceptors (Lipinski definition) is 1. The lowest BCUT2D eigenvalue weighted by molar-refractivity contribution is 0.151. The van der Waals surface area contributed by atoms with E-state index in [1.807, 2.05) is 0 Å². The average molecular weight is 374 g/mol. The van der Waals surface area contributed by atoms with Crippen LogP contribution in [0.5, 0.6) is 0 Å². The molecule has 2 aliphatic rings. The standard InChI is InChI=1S/C26H47N/c1-3-5-7-9-13-23-14-10-11-15-25(23)20-26(21-27)24-18-16-22(17-19-24)12-8-6-4-2/h22-26H,3-20H2,1-2H3/t22-,23-,24-,25+,26?/m1/s1. The molecule has 0 aromatic carbocycles. The second-order valence-corrected chi connectivity index (χ2v) is 9.90. The number of nitriles is 1. The van der Waals surface area contributed by atoms with Crippen molar-refractivity contribution in [3.8, 4) is 6.07 Å². The van der Waals surface area contributed by atoms with E-state index in [9.17, 15) is 5.26 Å². The third-order valence-electron chi connectivity index (χ3n) is 7.89. The van der Waals surface area contributed by atoms with Crippen molar-refractivity contribution in [2.24, 2.45) is 29.6 Å². The second kappa shape index (κ2) is 13.6. The SMILES string of the molecule is CCCCCC[C@@H]1CCCC[C@H]1CC(C#N)[C@H]1CC[C@H](CCCCC)CC1. The van der Waals surface area contributed by atoms with Gasteiger partial charge in [-0.2, -0.15) is 5.26 Å². The summed E-state index contributed by atoms with van der Waals surface area (Å²) in [7, 11) is 0. The van der Waals surface area contributed by atoms with E-state index >= 15 is 0 Å². The van der Waals surface area contributed by atoms with Crippen molar-refractivity contribution in [3.05, 3.63) is 0 Å². The van der Waals surface area contributed by atoms with Gasteiger partial charge < -0.3 is 0 Å². The molecule has 1 nitrogen and oxygen atoms in total. The van der Waals surface area contributed by atoms with Crippen LogP contribution >= 0.6 is 0 Å². The number of nitrogens with zero attached hydrogens (tertiary/aromatic N) is 1.